The van der Waals surface area contributed by atoms with Crippen LogP contribution in [0.15, 0.2) is 12.1 Å². The van der Waals surface area contributed by atoms with E-state index in [2.05, 4.69) is 15.5 Å². The summed E-state index contributed by atoms with van der Waals surface area (Å²) >= 11 is 0. The maximum Gasteiger partial charge on any atom is 0.274 e. The Kier molecular flexibility index (Phi) is 4.68. The number of anilines is 1. The number of aliphatic hydroxyl groups is 1. The van der Waals surface area contributed by atoms with Crippen LogP contribution in [-0.4, -0.2) is 52.4 Å². The summed E-state index contributed by atoms with van der Waals surface area (Å²) in [7, 11) is 1.76. The van der Waals surface area contributed by atoms with Gasteiger partial charge in [-0.2, -0.15) is 0 Å². The summed E-state index contributed by atoms with van der Waals surface area (Å²) in [6.07, 6.45) is 3.61. The fourth-order valence-corrected chi connectivity index (χ4v) is 2.46. The van der Waals surface area contributed by atoms with Gasteiger partial charge in [0, 0.05) is 26.2 Å². The average molecular weight is 264 g/mol. The van der Waals surface area contributed by atoms with Gasteiger partial charge >= 0.3 is 0 Å². The van der Waals surface area contributed by atoms with Gasteiger partial charge in [0.05, 0.1) is 0 Å². The summed E-state index contributed by atoms with van der Waals surface area (Å²) < 4.78 is 0. The molecule has 0 bridgehead atoms. The number of rotatable bonds is 5. The van der Waals surface area contributed by atoms with Gasteiger partial charge in [-0.1, -0.05) is 0 Å². The number of nitrogens with one attached hydrogen (secondary N) is 1. The number of hydrogen-bond donors (Lipinski definition) is 2. The van der Waals surface area contributed by atoms with Crippen LogP contribution in [0.1, 0.15) is 36.2 Å². The van der Waals surface area contributed by atoms with Crippen molar-refractivity contribution < 1.29 is 9.90 Å². The number of nitrogens with zero attached hydrogens (tertiary/aromatic N) is 3. The molecule has 1 unspecified atom stereocenters. The predicted octanol–water partition coefficient (Wildman–Crippen LogP) is 0.895. The van der Waals surface area contributed by atoms with Gasteiger partial charge < -0.3 is 15.3 Å². The maximum absolute atomic E-state index is 12.4. The molecule has 0 saturated carbocycles. The van der Waals surface area contributed by atoms with Crippen molar-refractivity contribution in [2.45, 2.75) is 31.7 Å². The van der Waals surface area contributed by atoms with Crippen LogP contribution in [0, 0.1) is 0 Å². The first kappa shape index (κ1) is 13.7. The van der Waals surface area contributed by atoms with Crippen LogP contribution in [0.4, 0.5) is 5.82 Å². The summed E-state index contributed by atoms with van der Waals surface area (Å²) in [4.78, 5) is 14.2. The highest BCUT2D eigenvalue weighted by atomic mass is 16.3. The third-order valence-corrected chi connectivity index (χ3v) is 3.47. The lowest BCUT2D eigenvalue weighted by Crippen LogP contribution is -2.36. The third-order valence-electron chi connectivity index (χ3n) is 3.47. The van der Waals surface area contributed by atoms with Gasteiger partial charge in [-0.05, 0) is 37.8 Å². The molecular weight excluding hydrogens is 244 g/mol. The van der Waals surface area contributed by atoms with E-state index in [4.69, 9.17) is 5.11 Å². The van der Waals surface area contributed by atoms with Crippen LogP contribution in [0.3, 0.4) is 0 Å². The van der Waals surface area contributed by atoms with E-state index in [1.165, 1.54) is 0 Å². The second-order valence-electron chi connectivity index (χ2n) is 4.71. The van der Waals surface area contributed by atoms with E-state index in [1.807, 2.05) is 4.90 Å². The van der Waals surface area contributed by atoms with E-state index in [0.29, 0.717) is 11.5 Å². The van der Waals surface area contributed by atoms with Crippen molar-refractivity contribution >= 4 is 11.7 Å². The highest BCUT2D eigenvalue weighted by Gasteiger charge is 2.29. The highest BCUT2D eigenvalue weighted by molar-refractivity contribution is 5.92. The van der Waals surface area contributed by atoms with E-state index < -0.39 is 0 Å². The topological polar surface area (TPSA) is 78.4 Å². The molecule has 1 atom stereocenters. The summed E-state index contributed by atoms with van der Waals surface area (Å²) in [5.41, 5.74) is 0.384. The molecule has 19 heavy (non-hydrogen) atoms. The Morgan fingerprint density at radius 2 is 2.37 bits per heavy atom. The lowest BCUT2D eigenvalue weighted by atomic mass is 10.1. The minimum absolute atomic E-state index is 0.0596. The van der Waals surface area contributed by atoms with Crippen molar-refractivity contribution in [3.63, 3.8) is 0 Å². The molecule has 0 aromatic carbocycles. The van der Waals surface area contributed by atoms with Crippen molar-refractivity contribution in [1.82, 2.24) is 15.1 Å². The molecule has 1 saturated heterocycles. The molecule has 1 aliphatic heterocycles. The number of likely N-dealkylation sites (tertiary alicyclic amines) is 1. The zero-order valence-corrected chi connectivity index (χ0v) is 11.2. The minimum atomic E-state index is -0.0596. The van der Waals surface area contributed by atoms with Crippen molar-refractivity contribution in [3.05, 3.63) is 17.8 Å². The molecule has 0 radical (unpaired) electrons. The van der Waals surface area contributed by atoms with Crippen LogP contribution in [0.5, 0.6) is 0 Å². The van der Waals surface area contributed by atoms with Crippen molar-refractivity contribution in [2.24, 2.45) is 0 Å². The monoisotopic (exact) mass is 264 g/mol. The molecule has 6 nitrogen and oxygen atoms in total. The Labute approximate surface area is 112 Å². The summed E-state index contributed by atoms with van der Waals surface area (Å²) in [6, 6.07) is 3.67. The van der Waals surface area contributed by atoms with Crippen LogP contribution in [0.25, 0.3) is 0 Å². The van der Waals surface area contributed by atoms with Gasteiger partial charge in [0.25, 0.3) is 5.91 Å². The predicted molar refractivity (Wildman–Crippen MR) is 72.0 cm³/mol. The maximum atomic E-state index is 12.4. The zero-order valence-electron chi connectivity index (χ0n) is 11.2. The lowest BCUT2D eigenvalue weighted by molar-refractivity contribution is 0.0717. The molecule has 1 fully saturated rings. The second kappa shape index (κ2) is 6.47. The van der Waals surface area contributed by atoms with Crippen LogP contribution < -0.4 is 5.32 Å². The first-order valence-electron chi connectivity index (χ1n) is 6.69. The van der Waals surface area contributed by atoms with Gasteiger partial charge in [-0.3, -0.25) is 4.79 Å². The van der Waals surface area contributed by atoms with E-state index in [1.54, 1.807) is 19.2 Å². The molecule has 0 aliphatic carbocycles. The van der Waals surface area contributed by atoms with Crippen LogP contribution in [-0.2, 0) is 0 Å². The van der Waals surface area contributed by atoms with E-state index in [-0.39, 0.29) is 18.6 Å². The molecule has 1 aromatic rings. The van der Waals surface area contributed by atoms with Crippen molar-refractivity contribution in [2.75, 3.05) is 25.5 Å². The largest absolute Gasteiger partial charge is 0.396 e. The molecule has 1 aliphatic rings. The molecule has 2 heterocycles. The van der Waals surface area contributed by atoms with Gasteiger partial charge in [0.1, 0.15) is 5.82 Å². The summed E-state index contributed by atoms with van der Waals surface area (Å²) in [5, 5.41) is 19.7. The van der Waals surface area contributed by atoms with Crippen LogP contribution in [0.2, 0.25) is 0 Å². The number of carbonyl (C=O) groups excluding carboxylic acids is 1. The fraction of sp³-hybridized carbons (Fsp3) is 0.615. The molecule has 1 aromatic heterocycles. The van der Waals surface area contributed by atoms with Gasteiger partial charge in [-0.15, -0.1) is 10.2 Å². The molecule has 0 spiro atoms. The van der Waals surface area contributed by atoms with Gasteiger partial charge in [-0.25, -0.2) is 0 Å². The van der Waals surface area contributed by atoms with Gasteiger partial charge in [0.2, 0.25) is 0 Å². The van der Waals surface area contributed by atoms with E-state index >= 15 is 0 Å². The number of carbonyl (C=O) groups is 1. The second-order valence-corrected chi connectivity index (χ2v) is 4.71. The number of aliphatic hydroxyl groups excluding tert-OH is 1. The standard InChI is InChI=1S/C13H20N4O2/c1-14-12-7-6-11(15-16-12)13(19)17-8-2-4-10(17)5-3-9-18/h6-7,10,18H,2-5,8-9H2,1H3,(H,14,16). The summed E-state index contributed by atoms with van der Waals surface area (Å²) in [6.45, 7) is 0.944. The Balaban J connectivity index is 2.04. The normalized spacial score (nSPS) is 18.6. The van der Waals surface area contributed by atoms with Crippen molar-refractivity contribution in [1.29, 1.82) is 0 Å². The number of aromatic nitrogens is 2. The average Bonchev–Trinajstić information content (AvgIpc) is 2.92. The fourth-order valence-electron chi connectivity index (χ4n) is 2.46. The number of amides is 1. The van der Waals surface area contributed by atoms with E-state index in [0.717, 1.165) is 32.2 Å². The van der Waals surface area contributed by atoms with Crippen molar-refractivity contribution in [3.8, 4) is 0 Å². The third kappa shape index (κ3) is 3.20. The van der Waals surface area contributed by atoms with Crippen LogP contribution >= 0.6 is 0 Å². The highest BCUT2D eigenvalue weighted by Crippen LogP contribution is 2.23. The molecule has 2 N–H and O–H groups in total. The Morgan fingerprint density at radius 1 is 1.53 bits per heavy atom. The molecular formula is C13H20N4O2. The van der Waals surface area contributed by atoms with Gasteiger partial charge in [0.15, 0.2) is 5.69 Å². The first-order chi connectivity index (χ1) is 9.26. The van der Waals surface area contributed by atoms with E-state index in [9.17, 15) is 4.79 Å². The molecule has 1 amide bonds. The number of hydrogen-bond acceptors (Lipinski definition) is 5. The minimum Gasteiger partial charge on any atom is -0.396 e. The Hall–Kier alpha value is -1.69. The molecule has 2 rings (SSSR count). The molecule has 104 valence electrons. The Bertz CT molecular complexity index is 421. The summed E-state index contributed by atoms with van der Waals surface area (Å²) in [5.74, 6) is 0.588. The molecule has 6 heteroatoms. The zero-order chi connectivity index (χ0) is 13.7. The Morgan fingerprint density at radius 3 is 3.00 bits per heavy atom. The lowest BCUT2D eigenvalue weighted by Gasteiger charge is -2.24. The first-order valence-corrected chi connectivity index (χ1v) is 6.69. The smallest absolute Gasteiger partial charge is 0.274 e. The SMILES string of the molecule is CNc1ccc(C(=O)N2CCCC2CCCO)nn1. The quantitative estimate of drug-likeness (QED) is 0.826.